The molecule has 0 aliphatic carbocycles. The molecule has 0 spiro atoms. The first-order valence-electron chi connectivity index (χ1n) is 3.89. The average Bonchev–Trinajstić information content (AvgIpc) is 2.01. The lowest BCUT2D eigenvalue weighted by Gasteiger charge is -1.99. The van der Waals surface area contributed by atoms with Crippen molar-refractivity contribution in [2.24, 2.45) is 0 Å². The van der Waals surface area contributed by atoms with Gasteiger partial charge in [-0.15, -0.1) is 0 Å². The molecule has 0 aromatic carbocycles. The van der Waals surface area contributed by atoms with Crippen LogP contribution in [0.1, 0.15) is 26.2 Å². The normalized spacial score (nSPS) is 9.18. The SMILES string of the molecule is C=CCOC(=O)CC[CH]CC. The van der Waals surface area contributed by atoms with Crippen LogP contribution in [0.25, 0.3) is 0 Å². The van der Waals surface area contributed by atoms with E-state index in [1.807, 2.05) is 0 Å². The van der Waals surface area contributed by atoms with Crippen molar-refractivity contribution in [2.75, 3.05) is 6.61 Å². The second-order valence-corrected chi connectivity index (χ2v) is 2.21. The minimum absolute atomic E-state index is 0.144. The predicted octanol–water partition coefficient (Wildman–Crippen LogP) is 2.11. The highest BCUT2D eigenvalue weighted by Gasteiger charge is 1.99. The minimum atomic E-state index is -0.144. The van der Waals surface area contributed by atoms with Crippen LogP contribution < -0.4 is 0 Å². The summed E-state index contributed by atoms with van der Waals surface area (Å²) in [5.41, 5.74) is 0. The summed E-state index contributed by atoms with van der Waals surface area (Å²) in [4.78, 5) is 10.8. The van der Waals surface area contributed by atoms with Gasteiger partial charge in [-0.1, -0.05) is 26.0 Å². The summed E-state index contributed by atoms with van der Waals surface area (Å²) in [6.07, 6.45) is 5.94. The second kappa shape index (κ2) is 7.32. The van der Waals surface area contributed by atoms with Crippen LogP contribution >= 0.6 is 0 Å². The Morgan fingerprint density at radius 2 is 2.36 bits per heavy atom. The number of unbranched alkanes of at least 4 members (excludes halogenated alkanes) is 2. The summed E-state index contributed by atoms with van der Waals surface area (Å²) >= 11 is 0. The molecule has 0 unspecified atom stereocenters. The van der Waals surface area contributed by atoms with E-state index in [-0.39, 0.29) is 5.97 Å². The zero-order valence-corrected chi connectivity index (χ0v) is 7.01. The highest BCUT2D eigenvalue weighted by Crippen LogP contribution is 1.98. The lowest BCUT2D eigenvalue weighted by atomic mass is 10.2. The van der Waals surface area contributed by atoms with E-state index in [9.17, 15) is 4.79 Å². The molecule has 63 valence electrons. The third-order valence-corrected chi connectivity index (χ3v) is 1.20. The Labute approximate surface area is 68.2 Å². The molecule has 11 heavy (non-hydrogen) atoms. The van der Waals surface area contributed by atoms with Crippen LogP contribution in [0.15, 0.2) is 12.7 Å². The van der Waals surface area contributed by atoms with Crippen molar-refractivity contribution in [1.82, 2.24) is 0 Å². The Kier molecular flexibility index (Phi) is 6.79. The molecule has 0 saturated carbocycles. The van der Waals surface area contributed by atoms with E-state index in [0.717, 1.165) is 12.8 Å². The first-order chi connectivity index (χ1) is 5.31. The van der Waals surface area contributed by atoms with Crippen molar-refractivity contribution >= 4 is 5.97 Å². The molecule has 1 radical (unpaired) electrons. The van der Waals surface area contributed by atoms with E-state index in [2.05, 4.69) is 19.9 Å². The molecule has 0 N–H and O–H groups in total. The number of carbonyl (C=O) groups is 1. The van der Waals surface area contributed by atoms with Gasteiger partial charge >= 0.3 is 5.97 Å². The van der Waals surface area contributed by atoms with Crippen LogP contribution in [-0.2, 0) is 9.53 Å². The number of ether oxygens (including phenoxy) is 1. The molecular formula is C9H15O2. The largest absolute Gasteiger partial charge is 0.461 e. The maximum Gasteiger partial charge on any atom is 0.306 e. The number of carbonyl (C=O) groups excluding carboxylic acids is 1. The quantitative estimate of drug-likeness (QED) is 0.333. The fourth-order valence-electron chi connectivity index (χ4n) is 0.648. The highest BCUT2D eigenvalue weighted by molar-refractivity contribution is 5.69. The third-order valence-electron chi connectivity index (χ3n) is 1.20. The number of hydrogen-bond donors (Lipinski definition) is 0. The lowest BCUT2D eigenvalue weighted by Crippen LogP contribution is -2.03. The van der Waals surface area contributed by atoms with Crippen LogP contribution in [0.5, 0.6) is 0 Å². The first kappa shape index (κ1) is 10.2. The van der Waals surface area contributed by atoms with E-state index in [1.165, 1.54) is 0 Å². The molecule has 0 aromatic heterocycles. The average molecular weight is 155 g/mol. The Balaban J connectivity index is 3.15. The summed E-state index contributed by atoms with van der Waals surface area (Å²) < 4.78 is 4.76. The summed E-state index contributed by atoms with van der Waals surface area (Å²) in [6, 6.07) is 0. The van der Waals surface area contributed by atoms with E-state index in [0.29, 0.717) is 13.0 Å². The van der Waals surface area contributed by atoms with E-state index < -0.39 is 0 Å². The smallest absolute Gasteiger partial charge is 0.306 e. The van der Waals surface area contributed by atoms with E-state index >= 15 is 0 Å². The minimum Gasteiger partial charge on any atom is -0.461 e. The van der Waals surface area contributed by atoms with Crippen molar-refractivity contribution in [3.05, 3.63) is 19.1 Å². The molecule has 0 aliphatic heterocycles. The first-order valence-corrected chi connectivity index (χ1v) is 3.89. The van der Waals surface area contributed by atoms with Crippen LogP contribution in [0.3, 0.4) is 0 Å². The number of rotatable bonds is 6. The maximum atomic E-state index is 10.8. The van der Waals surface area contributed by atoms with Crippen LogP contribution in [0.4, 0.5) is 0 Å². The topological polar surface area (TPSA) is 26.3 Å². The Morgan fingerprint density at radius 1 is 1.64 bits per heavy atom. The molecule has 0 aliphatic rings. The molecule has 0 atom stereocenters. The van der Waals surface area contributed by atoms with Gasteiger partial charge in [0, 0.05) is 6.42 Å². The van der Waals surface area contributed by atoms with Gasteiger partial charge in [-0.05, 0) is 12.8 Å². The fourth-order valence-corrected chi connectivity index (χ4v) is 0.648. The predicted molar refractivity (Wildman–Crippen MR) is 45.0 cm³/mol. The monoisotopic (exact) mass is 155 g/mol. The Morgan fingerprint density at radius 3 is 2.91 bits per heavy atom. The molecule has 0 aromatic rings. The maximum absolute atomic E-state index is 10.8. The number of hydrogen-bond acceptors (Lipinski definition) is 2. The van der Waals surface area contributed by atoms with Gasteiger partial charge in [0.1, 0.15) is 6.61 Å². The Bertz CT molecular complexity index is 119. The van der Waals surface area contributed by atoms with Gasteiger partial charge in [0.05, 0.1) is 0 Å². The van der Waals surface area contributed by atoms with Gasteiger partial charge in [-0.25, -0.2) is 0 Å². The summed E-state index contributed by atoms with van der Waals surface area (Å²) in [5.74, 6) is -0.144. The summed E-state index contributed by atoms with van der Waals surface area (Å²) in [5, 5.41) is 0. The second-order valence-electron chi connectivity index (χ2n) is 2.21. The van der Waals surface area contributed by atoms with E-state index in [1.54, 1.807) is 6.08 Å². The molecule has 0 heterocycles. The molecule has 0 bridgehead atoms. The standard InChI is InChI=1S/C9H15O2/c1-3-5-6-7-9(10)11-8-4-2/h4-5H,2-3,6-8H2,1H3. The van der Waals surface area contributed by atoms with Crippen LogP contribution in [-0.4, -0.2) is 12.6 Å². The fraction of sp³-hybridized carbons (Fsp3) is 0.556. The van der Waals surface area contributed by atoms with Crippen LogP contribution in [0.2, 0.25) is 0 Å². The third kappa shape index (κ3) is 7.10. The highest BCUT2D eigenvalue weighted by atomic mass is 16.5. The van der Waals surface area contributed by atoms with Crippen molar-refractivity contribution in [3.8, 4) is 0 Å². The van der Waals surface area contributed by atoms with Crippen molar-refractivity contribution in [3.63, 3.8) is 0 Å². The molecule has 0 amide bonds. The molecule has 0 rings (SSSR count). The summed E-state index contributed by atoms with van der Waals surface area (Å²) in [7, 11) is 0. The van der Waals surface area contributed by atoms with Crippen molar-refractivity contribution < 1.29 is 9.53 Å². The van der Waals surface area contributed by atoms with Crippen molar-refractivity contribution in [2.45, 2.75) is 26.2 Å². The van der Waals surface area contributed by atoms with Gasteiger partial charge in [-0.3, -0.25) is 4.79 Å². The van der Waals surface area contributed by atoms with Gasteiger partial charge in [-0.2, -0.15) is 0 Å². The van der Waals surface area contributed by atoms with Gasteiger partial charge < -0.3 is 4.74 Å². The van der Waals surface area contributed by atoms with Gasteiger partial charge in [0.15, 0.2) is 0 Å². The zero-order chi connectivity index (χ0) is 8.53. The van der Waals surface area contributed by atoms with E-state index in [4.69, 9.17) is 4.74 Å². The molecule has 2 nitrogen and oxygen atoms in total. The van der Waals surface area contributed by atoms with Gasteiger partial charge in [0.25, 0.3) is 0 Å². The zero-order valence-electron chi connectivity index (χ0n) is 7.01. The van der Waals surface area contributed by atoms with Gasteiger partial charge in [0.2, 0.25) is 0 Å². The lowest BCUT2D eigenvalue weighted by molar-refractivity contribution is -0.142. The molecular weight excluding hydrogens is 140 g/mol. The Hall–Kier alpha value is -0.790. The molecule has 2 heteroatoms. The molecule has 0 fully saturated rings. The number of esters is 1. The molecule has 0 saturated heterocycles. The van der Waals surface area contributed by atoms with Crippen LogP contribution in [0, 0.1) is 6.42 Å². The van der Waals surface area contributed by atoms with Crippen molar-refractivity contribution in [1.29, 1.82) is 0 Å². The summed E-state index contributed by atoms with van der Waals surface area (Å²) in [6.45, 7) is 5.82.